The van der Waals surface area contributed by atoms with Crippen molar-refractivity contribution in [3.63, 3.8) is 0 Å². The fraction of sp³-hybridized carbons (Fsp3) is 0.0909. The van der Waals surface area contributed by atoms with E-state index in [9.17, 15) is 18.8 Å². The van der Waals surface area contributed by atoms with Gasteiger partial charge in [0.05, 0.1) is 28.8 Å². The van der Waals surface area contributed by atoms with Crippen LogP contribution in [-0.4, -0.2) is 20.0 Å². The molecule has 30 heavy (non-hydrogen) atoms. The molecule has 0 saturated heterocycles. The topological polar surface area (TPSA) is 86.0 Å². The summed E-state index contributed by atoms with van der Waals surface area (Å²) in [5, 5.41) is 3.00. The summed E-state index contributed by atoms with van der Waals surface area (Å²) < 4.78 is 15.5. The summed E-state index contributed by atoms with van der Waals surface area (Å²) in [5.41, 5.74) is 0.0311. The molecule has 1 amide bonds. The van der Waals surface area contributed by atoms with Crippen LogP contribution in [0, 0.1) is 5.82 Å². The normalized spacial score (nSPS) is 10.8. The number of carbonyl (C=O) groups is 1. The van der Waals surface area contributed by atoms with Gasteiger partial charge in [-0.3, -0.25) is 19.1 Å². The minimum Gasteiger partial charge on any atom is -0.349 e. The highest BCUT2D eigenvalue weighted by atomic mass is 19.1. The van der Waals surface area contributed by atoms with E-state index in [0.717, 1.165) is 4.57 Å². The molecule has 0 saturated carbocycles. The Morgan fingerprint density at radius 2 is 1.70 bits per heavy atom. The first kappa shape index (κ1) is 19.3. The van der Waals surface area contributed by atoms with Gasteiger partial charge in [0.15, 0.2) is 0 Å². The minimum absolute atomic E-state index is 0.212. The van der Waals surface area contributed by atoms with Crippen LogP contribution in [0.15, 0.2) is 82.5 Å². The minimum atomic E-state index is -0.682. The second kappa shape index (κ2) is 8.12. The van der Waals surface area contributed by atoms with Crippen LogP contribution >= 0.6 is 0 Å². The van der Waals surface area contributed by atoms with E-state index < -0.39 is 23.0 Å². The predicted molar refractivity (Wildman–Crippen MR) is 110 cm³/mol. The zero-order valence-corrected chi connectivity index (χ0v) is 15.8. The number of rotatable bonds is 5. The Labute approximate surface area is 170 Å². The number of amides is 1. The van der Waals surface area contributed by atoms with Crippen molar-refractivity contribution in [2.75, 3.05) is 0 Å². The molecule has 8 heteroatoms. The lowest BCUT2D eigenvalue weighted by Gasteiger charge is -2.14. The lowest BCUT2D eigenvalue weighted by atomic mass is 10.2. The molecule has 0 bridgehead atoms. The first-order chi connectivity index (χ1) is 14.5. The molecule has 1 N–H and O–H groups in total. The van der Waals surface area contributed by atoms with Gasteiger partial charge in [0, 0.05) is 6.20 Å². The number of carbonyl (C=O) groups excluding carboxylic acids is 1. The van der Waals surface area contributed by atoms with Crippen LogP contribution in [0.25, 0.3) is 16.6 Å². The fourth-order valence-corrected chi connectivity index (χ4v) is 3.18. The Kier molecular flexibility index (Phi) is 5.21. The third-order valence-corrected chi connectivity index (χ3v) is 4.63. The number of aromatic nitrogens is 3. The van der Waals surface area contributed by atoms with Gasteiger partial charge in [-0.15, -0.1) is 0 Å². The Hall–Kier alpha value is -4.07. The average Bonchev–Trinajstić information content (AvgIpc) is 2.77. The number of para-hydroxylation sites is 1. The molecule has 0 atom stereocenters. The van der Waals surface area contributed by atoms with Crippen LogP contribution < -0.4 is 16.6 Å². The van der Waals surface area contributed by atoms with Crippen molar-refractivity contribution in [3.05, 3.63) is 105 Å². The molecule has 4 aromatic rings. The predicted octanol–water partition coefficient (Wildman–Crippen LogP) is 2.00. The molecule has 0 aliphatic heterocycles. The molecule has 2 aromatic carbocycles. The van der Waals surface area contributed by atoms with Crippen LogP contribution in [0.1, 0.15) is 5.69 Å². The smallest absolute Gasteiger partial charge is 0.336 e. The quantitative estimate of drug-likeness (QED) is 0.551. The summed E-state index contributed by atoms with van der Waals surface area (Å²) >= 11 is 0. The van der Waals surface area contributed by atoms with Crippen molar-refractivity contribution >= 4 is 16.8 Å². The SMILES string of the molecule is O=C(Cn1c(=O)n(-c2ccc(F)cc2)c(=O)c2ccccc21)NCc1ccccn1. The highest BCUT2D eigenvalue weighted by Gasteiger charge is 2.16. The van der Waals surface area contributed by atoms with Gasteiger partial charge < -0.3 is 5.32 Å². The summed E-state index contributed by atoms with van der Waals surface area (Å²) in [4.78, 5) is 42.7. The van der Waals surface area contributed by atoms with E-state index >= 15 is 0 Å². The molecule has 150 valence electrons. The van der Waals surface area contributed by atoms with Gasteiger partial charge in [-0.25, -0.2) is 13.8 Å². The van der Waals surface area contributed by atoms with Crippen molar-refractivity contribution in [2.24, 2.45) is 0 Å². The number of hydrogen-bond acceptors (Lipinski definition) is 4. The molecule has 4 rings (SSSR count). The fourth-order valence-electron chi connectivity index (χ4n) is 3.18. The summed E-state index contributed by atoms with van der Waals surface area (Å²) in [6, 6.07) is 16.9. The molecular formula is C22H17FN4O3. The van der Waals surface area contributed by atoms with Gasteiger partial charge in [0.1, 0.15) is 12.4 Å². The Morgan fingerprint density at radius 3 is 2.43 bits per heavy atom. The standard InChI is InChI=1S/C22H17FN4O3/c23-15-8-10-17(11-9-15)27-21(29)18-6-1-2-7-19(18)26(22(27)30)14-20(28)25-13-16-5-3-4-12-24-16/h1-12H,13-14H2,(H,25,28). The van der Waals surface area contributed by atoms with Crippen LogP contribution in [-0.2, 0) is 17.9 Å². The highest BCUT2D eigenvalue weighted by Crippen LogP contribution is 2.11. The number of nitrogens with zero attached hydrogens (tertiary/aromatic N) is 3. The molecule has 0 spiro atoms. The van der Waals surface area contributed by atoms with Crippen molar-refractivity contribution in [2.45, 2.75) is 13.1 Å². The van der Waals surface area contributed by atoms with Crippen LogP contribution in [0.3, 0.4) is 0 Å². The van der Waals surface area contributed by atoms with Crippen molar-refractivity contribution in [1.82, 2.24) is 19.4 Å². The molecule has 0 radical (unpaired) electrons. The van der Waals surface area contributed by atoms with E-state index in [4.69, 9.17) is 0 Å². The number of halogens is 1. The Morgan fingerprint density at radius 1 is 0.967 bits per heavy atom. The molecule has 7 nitrogen and oxygen atoms in total. The zero-order valence-electron chi connectivity index (χ0n) is 15.8. The second-order valence-electron chi connectivity index (χ2n) is 6.60. The number of benzene rings is 2. The number of pyridine rings is 1. The number of hydrogen-bond donors (Lipinski definition) is 1. The largest absolute Gasteiger partial charge is 0.349 e. The maximum atomic E-state index is 13.3. The Bertz CT molecular complexity index is 1330. The monoisotopic (exact) mass is 404 g/mol. The Balaban J connectivity index is 1.75. The summed E-state index contributed by atoms with van der Waals surface area (Å²) in [6.45, 7) is -0.0718. The summed E-state index contributed by atoms with van der Waals surface area (Å²) in [5.74, 6) is -0.890. The molecule has 0 unspecified atom stereocenters. The van der Waals surface area contributed by atoms with Crippen LogP contribution in [0.4, 0.5) is 4.39 Å². The zero-order chi connectivity index (χ0) is 21.1. The van der Waals surface area contributed by atoms with E-state index in [1.807, 2.05) is 6.07 Å². The molecule has 0 fully saturated rings. The number of nitrogens with one attached hydrogen (secondary N) is 1. The average molecular weight is 404 g/mol. The van der Waals surface area contributed by atoms with E-state index in [1.165, 1.54) is 28.8 Å². The molecular weight excluding hydrogens is 387 g/mol. The molecule has 0 aliphatic rings. The van der Waals surface area contributed by atoms with Gasteiger partial charge in [-0.1, -0.05) is 18.2 Å². The van der Waals surface area contributed by atoms with Crippen LogP contribution in [0.2, 0.25) is 0 Å². The summed E-state index contributed by atoms with van der Waals surface area (Å²) in [7, 11) is 0. The highest BCUT2D eigenvalue weighted by molar-refractivity contribution is 5.81. The van der Waals surface area contributed by atoms with E-state index in [2.05, 4.69) is 10.3 Å². The first-order valence-corrected chi connectivity index (χ1v) is 9.22. The van der Waals surface area contributed by atoms with Gasteiger partial charge >= 0.3 is 5.69 Å². The third-order valence-electron chi connectivity index (χ3n) is 4.63. The third kappa shape index (κ3) is 3.75. The van der Waals surface area contributed by atoms with E-state index in [0.29, 0.717) is 11.2 Å². The van der Waals surface area contributed by atoms with Gasteiger partial charge in [0.2, 0.25) is 5.91 Å². The maximum Gasteiger partial charge on any atom is 0.336 e. The van der Waals surface area contributed by atoms with E-state index in [1.54, 1.807) is 42.6 Å². The van der Waals surface area contributed by atoms with Crippen molar-refractivity contribution < 1.29 is 9.18 Å². The lowest BCUT2D eigenvalue weighted by Crippen LogP contribution is -2.41. The number of fused-ring (bicyclic) bond motifs is 1. The van der Waals surface area contributed by atoms with Gasteiger partial charge in [-0.05, 0) is 48.5 Å². The van der Waals surface area contributed by atoms with Crippen molar-refractivity contribution in [3.8, 4) is 5.69 Å². The second-order valence-corrected chi connectivity index (χ2v) is 6.60. The molecule has 2 aromatic heterocycles. The van der Waals surface area contributed by atoms with Gasteiger partial charge in [0.25, 0.3) is 5.56 Å². The first-order valence-electron chi connectivity index (χ1n) is 9.22. The maximum absolute atomic E-state index is 13.3. The molecule has 0 aliphatic carbocycles. The lowest BCUT2D eigenvalue weighted by molar-refractivity contribution is -0.121. The summed E-state index contributed by atoms with van der Waals surface area (Å²) in [6.07, 6.45) is 1.62. The van der Waals surface area contributed by atoms with Crippen LogP contribution in [0.5, 0.6) is 0 Å². The van der Waals surface area contributed by atoms with Gasteiger partial charge in [-0.2, -0.15) is 0 Å². The molecule has 2 heterocycles. The van der Waals surface area contributed by atoms with Crippen molar-refractivity contribution in [1.29, 1.82) is 0 Å². The van der Waals surface area contributed by atoms with E-state index in [-0.39, 0.29) is 24.2 Å².